The van der Waals surface area contributed by atoms with E-state index in [1.54, 1.807) is 24.5 Å². The fourth-order valence-corrected chi connectivity index (χ4v) is 7.00. The molecule has 0 unspecified atom stereocenters. The van der Waals surface area contributed by atoms with E-state index >= 15 is 0 Å². The van der Waals surface area contributed by atoms with Crippen LogP contribution in [0.25, 0.3) is 0 Å². The summed E-state index contributed by atoms with van der Waals surface area (Å²) in [5, 5.41) is 3.33. The second kappa shape index (κ2) is 20.9. The Kier molecular flexibility index (Phi) is 16.1. The van der Waals surface area contributed by atoms with Gasteiger partial charge >= 0.3 is 11.9 Å². The Labute approximate surface area is 314 Å². The second-order valence-electron chi connectivity index (χ2n) is 13.1. The number of hydrogen-bond donors (Lipinski definition) is 1. The van der Waals surface area contributed by atoms with Crippen molar-refractivity contribution in [2.24, 2.45) is 5.92 Å². The molecule has 0 aromatic carbocycles. The number of anilines is 2. The number of nitrogens with one attached hydrogen (secondary N) is 1. The summed E-state index contributed by atoms with van der Waals surface area (Å²) in [6.45, 7) is 20.1. The van der Waals surface area contributed by atoms with Crippen molar-refractivity contribution in [1.82, 2.24) is 24.4 Å². The number of pyridine rings is 2. The van der Waals surface area contributed by atoms with E-state index < -0.39 is 0 Å². The van der Waals surface area contributed by atoms with Crippen molar-refractivity contribution < 1.29 is 23.9 Å². The van der Waals surface area contributed by atoms with Crippen LogP contribution < -0.4 is 15.1 Å². The van der Waals surface area contributed by atoms with Crippen molar-refractivity contribution in [1.29, 1.82) is 0 Å². The van der Waals surface area contributed by atoms with Gasteiger partial charge in [0.1, 0.15) is 11.4 Å². The summed E-state index contributed by atoms with van der Waals surface area (Å²) in [7, 11) is 0. The molecule has 0 radical (unpaired) electrons. The third-order valence-electron chi connectivity index (χ3n) is 9.75. The average Bonchev–Trinajstić information content (AvgIpc) is 3.71. The second-order valence-corrected chi connectivity index (χ2v) is 13.1. The van der Waals surface area contributed by atoms with Crippen LogP contribution in [0.5, 0.6) is 0 Å². The van der Waals surface area contributed by atoms with Gasteiger partial charge in [-0.2, -0.15) is 0 Å². The Morgan fingerprint density at radius 2 is 1.21 bits per heavy atom. The van der Waals surface area contributed by atoms with Crippen molar-refractivity contribution in [2.45, 2.75) is 73.9 Å². The van der Waals surface area contributed by atoms with Gasteiger partial charge in [-0.1, -0.05) is 0 Å². The molecule has 12 nitrogen and oxygen atoms in total. The van der Waals surface area contributed by atoms with Crippen LogP contribution in [0, 0.1) is 19.8 Å². The molecule has 0 bridgehead atoms. The zero-order valence-corrected chi connectivity index (χ0v) is 32.3. The van der Waals surface area contributed by atoms with Crippen molar-refractivity contribution >= 4 is 29.6 Å². The van der Waals surface area contributed by atoms with Crippen LogP contribution in [0.15, 0.2) is 61.2 Å². The zero-order chi connectivity index (χ0) is 38.2. The van der Waals surface area contributed by atoms with E-state index in [2.05, 4.69) is 67.8 Å². The molecule has 286 valence electrons. The first-order chi connectivity index (χ1) is 25.8. The van der Waals surface area contributed by atoms with E-state index in [1.165, 1.54) is 35.5 Å². The molecule has 2 aliphatic heterocycles. The number of hydrogen-bond acceptors (Lipinski definition) is 10. The van der Waals surface area contributed by atoms with Gasteiger partial charge in [-0.25, -0.2) is 9.59 Å². The lowest BCUT2D eigenvalue weighted by Crippen LogP contribution is -2.43. The summed E-state index contributed by atoms with van der Waals surface area (Å²) in [6.07, 6.45) is 11.5. The summed E-state index contributed by atoms with van der Waals surface area (Å²) in [6, 6.07) is 12.0. The van der Waals surface area contributed by atoms with Gasteiger partial charge in [0.25, 0.3) is 0 Å². The molecule has 53 heavy (non-hydrogen) atoms. The van der Waals surface area contributed by atoms with Crippen LogP contribution in [0.3, 0.4) is 0 Å². The minimum atomic E-state index is -0.379. The highest BCUT2D eigenvalue weighted by molar-refractivity contribution is 5.91. The Balaban J connectivity index is 0.000000196. The standard InChI is InChI=1S/C21H29N3O2.C11H15NO3.C9H13N3/c1-4-24-19(16(3)14-20(24)21(25)26-5-2)15-17-8-12-23(13-9-17)18-6-10-22-11-7-18;1-4-12-9(11(14)15-5-2)6-8(3)10(12)7-13;1-3-10-4-2-9(1)12-7-5-11-6-8-12/h6-7,10-11,14,17H,4-5,8-9,12-13,15H2,1-3H3;6-7H,4-5H2,1-3H3;1-4,11H,5-8H2. The number of esters is 2. The number of aromatic nitrogens is 4. The maximum absolute atomic E-state index is 12.2. The van der Waals surface area contributed by atoms with E-state index in [-0.39, 0.29) is 11.9 Å². The Morgan fingerprint density at radius 3 is 1.68 bits per heavy atom. The van der Waals surface area contributed by atoms with Crippen molar-refractivity contribution in [3.05, 3.63) is 95.1 Å². The molecule has 0 saturated carbocycles. The fraction of sp³-hybridized carbons (Fsp3) is 0.488. The van der Waals surface area contributed by atoms with Crippen molar-refractivity contribution in [3.63, 3.8) is 0 Å². The molecule has 0 aliphatic carbocycles. The van der Waals surface area contributed by atoms with Crippen LogP contribution in [0.4, 0.5) is 11.4 Å². The van der Waals surface area contributed by atoms with Crippen LogP contribution >= 0.6 is 0 Å². The normalized spacial score (nSPS) is 14.4. The van der Waals surface area contributed by atoms with Crippen molar-refractivity contribution in [2.75, 3.05) is 62.3 Å². The monoisotopic (exact) mass is 727 g/mol. The maximum atomic E-state index is 12.2. The number of nitrogens with zero attached hydrogens (tertiary/aromatic N) is 6. The number of rotatable bonds is 11. The molecule has 2 fully saturated rings. The Bertz CT molecular complexity index is 1720. The summed E-state index contributed by atoms with van der Waals surface area (Å²) in [5.41, 5.74) is 7.51. The van der Waals surface area contributed by atoms with Gasteiger partial charge in [-0.3, -0.25) is 14.8 Å². The first-order valence-electron chi connectivity index (χ1n) is 18.9. The summed E-state index contributed by atoms with van der Waals surface area (Å²) < 4.78 is 13.9. The van der Waals surface area contributed by atoms with E-state index in [0.29, 0.717) is 42.8 Å². The molecule has 0 spiro atoms. The summed E-state index contributed by atoms with van der Waals surface area (Å²) in [5.74, 6) is 0.0637. The van der Waals surface area contributed by atoms with Crippen LogP contribution in [0.2, 0.25) is 0 Å². The Morgan fingerprint density at radius 1 is 0.736 bits per heavy atom. The van der Waals surface area contributed by atoms with Gasteiger partial charge in [-0.15, -0.1) is 0 Å². The molecule has 2 aliphatic rings. The molecular formula is C41H57N7O5. The smallest absolute Gasteiger partial charge is 0.354 e. The van der Waals surface area contributed by atoms with Crippen LogP contribution in [-0.4, -0.2) is 89.8 Å². The molecule has 6 rings (SSSR count). The number of carbonyl (C=O) groups is 3. The number of aryl methyl sites for hydroxylation is 2. The number of piperidine rings is 1. The Hall–Kier alpha value is -4.97. The highest BCUT2D eigenvalue weighted by Gasteiger charge is 2.24. The topological polar surface area (TPSA) is 124 Å². The number of piperazine rings is 1. The number of ether oxygens (including phenoxy) is 2. The molecular weight excluding hydrogens is 670 g/mol. The van der Waals surface area contributed by atoms with E-state index in [0.717, 1.165) is 64.1 Å². The van der Waals surface area contributed by atoms with E-state index in [1.807, 2.05) is 44.7 Å². The van der Waals surface area contributed by atoms with Gasteiger partial charge in [-0.05, 0) is 114 Å². The minimum Gasteiger partial charge on any atom is -0.461 e. The van der Waals surface area contributed by atoms with Gasteiger partial charge in [0.05, 0.1) is 18.9 Å². The van der Waals surface area contributed by atoms with Gasteiger partial charge in [0.15, 0.2) is 6.29 Å². The lowest BCUT2D eigenvalue weighted by atomic mass is 9.91. The van der Waals surface area contributed by atoms with Crippen LogP contribution in [0.1, 0.15) is 88.8 Å². The van der Waals surface area contributed by atoms with Gasteiger partial charge < -0.3 is 33.7 Å². The highest BCUT2D eigenvalue weighted by atomic mass is 16.5. The predicted octanol–water partition coefficient (Wildman–Crippen LogP) is 6.14. The molecule has 6 heterocycles. The fourth-order valence-electron chi connectivity index (χ4n) is 7.00. The SMILES string of the molecule is CCOC(=O)c1cc(C)c(C=O)n1CC.CCOC(=O)c1cc(C)c(CC2CCN(c3ccncc3)CC2)n1CC.c1cc(N2CCNCC2)ccn1. The molecule has 0 amide bonds. The molecule has 12 heteroatoms. The molecule has 0 atom stereocenters. The van der Waals surface area contributed by atoms with E-state index in [4.69, 9.17) is 9.47 Å². The average molecular weight is 728 g/mol. The highest BCUT2D eigenvalue weighted by Crippen LogP contribution is 2.28. The third kappa shape index (κ3) is 11.0. The van der Waals surface area contributed by atoms with Gasteiger partial charge in [0.2, 0.25) is 0 Å². The van der Waals surface area contributed by atoms with Crippen molar-refractivity contribution in [3.8, 4) is 0 Å². The van der Waals surface area contributed by atoms with Gasteiger partial charge in [0, 0.05) is 94.2 Å². The minimum absolute atomic E-state index is 0.212. The number of carbonyl (C=O) groups excluding carboxylic acids is 3. The lowest BCUT2D eigenvalue weighted by Gasteiger charge is -2.33. The van der Waals surface area contributed by atoms with E-state index in [9.17, 15) is 14.4 Å². The molecule has 1 N–H and O–H groups in total. The van der Waals surface area contributed by atoms with Crippen LogP contribution in [-0.2, 0) is 29.0 Å². The largest absolute Gasteiger partial charge is 0.461 e. The maximum Gasteiger partial charge on any atom is 0.354 e. The number of aldehydes is 1. The first-order valence-corrected chi connectivity index (χ1v) is 18.9. The summed E-state index contributed by atoms with van der Waals surface area (Å²) in [4.78, 5) is 47.5. The predicted molar refractivity (Wildman–Crippen MR) is 209 cm³/mol. The molecule has 2 saturated heterocycles. The first kappa shape index (κ1) is 40.8. The lowest BCUT2D eigenvalue weighted by molar-refractivity contribution is 0.0504. The third-order valence-corrected chi connectivity index (χ3v) is 9.75. The molecule has 4 aromatic heterocycles. The quantitative estimate of drug-likeness (QED) is 0.142. The zero-order valence-electron chi connectivity index (χ0n) is 32.3. The summed E-state index contributed by atoms with van der Waals surface area (Å²) >= 11 is 0. The molecule has 4 aromatic rings.